The second-order valence-electron chi connectivity index (χ2n) is 4.62. The Labute approximate surface area is 140 Å². The summed E-state index contributed by atoms with van der Waals surface area (Å²) < 4.78 is 5.86. The first kappa shape index (κ1) is 16.6. The zero-order valence-electron chi connectivity index (χ0n) is 12.4. The van der Waals surface area contributed by atoms with Crippen LogP contribution in [0, 0.1) is 6.92 Å². The summed E-state index contributed by atoms with van der Waals surface area (Å²) in [6.07, 6.45) is 0. The number of ketones is 2. The molecule has 2 aromatic rings. The van der Waals surface area contributed by atoms with E-state index in [-0.39, 0.29) is 18.1 Å². The van der Waals surface area contributed by atoms with Crippen molar-refractivity contribution in [2.45, 2.75) is 13.8 Å². The Balaban J connectivity index is 2.05. The van der Waals surface area contributed by atoms with Crippen LogP contribution >= 0.6 is 27.3 Å². The molecule has 2 rings (SSSR count). The standard InChI is InChI=1S/C15H15BrN2O3S/c1-8-14(9(2)19)22-15(18-8)17-7-12(20)10-4-5-13(21-3)11(16)6-10/h4-6H,7H2,1-3H3,(H,17,18). The molecule has 116 valence electrons. The van der Waals surface area contributed by atoms with E-state index in [0.29, 0.717) is 27.0 Å². The second-order valence-corrected chi connectivity index (χ2v) is 6.47. The number of methoxy groups -OCH3 is 1. The maximum absolute atomic E-state index is 12.2. The Kier molecular flexibility index (Phi) is 5.31. The molecular weight excluding hydrogens is 368 g/mol. The van der Waals surface area contributed by atoms with Gasteiger partial charge in [0.05, 0.1) is 28.7 Å². The summed E-state index contributed by atoms with van der Waals surface area (Å²) in [7, 11) is 1.57. The van der Waals surface area contributed by atoms with Gasteiger partial charge in [-0.2, -0.15) is 0 Å². The third-order valence-corrected chi connectivity index (χ3v) is 4.83. The quantitative estimate of drug-likeness (QED) is 0.770. The van der Waals surface area contributed by atoms with Crippen molar-refractivity contribution in [1.29, 1.82) is 0 Å². The first-order valence-corrected chi connectivity index (χ1v) is 8.12. The Morgan fingerprint density at radius 1 is 1.41 bits per heavy atom. The van der Waals surface area contributed by atoms with Crippen LogP contribution in [0.15, 0.2) is 22.7 Å². The minimum Gasteiger partial charge on any atom is -0.496 e. The average molecular weight is 383 g/mol. The van der Waals surface area contributed by atoms with E-state index in [2.05, 4.69) is 26.2 Å². The number of rotatable bonds is 6. The van der Waals surface area contributed by atoms with Gasteiger partial charge in [-0.3, -0.25) is 9.59 Å². The molecule has 5 nitrogen and oxygen atoms in total. The Bertz CT molecular complexity index is 728. The fraction of sp³-hybridized carbons (Fsp3) is 0.267. The molecule has 0 fully saturated rings. The number of halogens is 1. The van der Waals surface area contributed by atoms with E-state index in [1.54, 1.807) is 32.2 Å². The molecule has 0 radical (unpaired) electrons. The maximum Gasteiger partial charge on any atom is 0.183 e. The summed E-state index contributed by atoms with van der Waals surface area (Å²) in [4.78, 5) is 28.4. The molecule has 7 heteroatoms. The van der Waals surface area contributed by atoms with Crippen molar-refractivity contribution in [3.05, 3.63) is 38.8 Å². The van der Waals surface area contributed by atoms with Gasteiger partial charge in [-0.1, -0.05) is 11.3 Å². The Hall–Kier alpha value is -1.73. The van der Waals surface area contributed by atoms with Crippen molar-refractivity contribution in [2.24, 2.45) is 0 Å². The molecule has 0 atom stereocenters. The van der Waals surface area contributed by atoms with Crippen LogP contribution in [0.4, 0.5) is 5.13 Å². The van der Waals surface area contributed by atoms with Gasteiger partial charge in [-0.05, 0) is 41.1 Å². The van der Waals surface area contributed by atoms with Crippen LogP contribution < -0.4 is 10.1 Å². The zero-order chi connectivity index (χ0) is 16.3. The van der Waals surface area contributed by atoms with Crippen molar-refractivity contribution in [3.63, 3.8) is 0 Å². The van der Waals surface area contributed by atoms with Gasteiger partial charge in [0.15, 0.2) is 16.7 Å². The summed E-state index contributed by atoms with van der Waals surface area (Å²) >= 11 is 4.62. The lowest BCUT2D eigenvalue weighted by Crippen LogP contribution is -2.13. The highest BCUT2D eigenvalue weighted by atomic mass is 79.9. The number of aryl methyl sites for hydroxylation is 1. The molecule has 0 unspecified atom stereocenters. The van der Waals surface area contributed by atoms with Gasteiger partial charge >= 0.3 is 0 Å². The number of hydrogen-bond donors (Lipinski definition) is 1. The normalized spacial score (nSPS) is 10.4. The predicted octanol–water partition coefficient (Wildman–Crippen LogP) is 3.72. The lowest BCUT2D eigenvalue weighted by atomic mass is 10.1. The molecule has 0 bridgehead atoms. The van der Waals surface area contributed by atoms with E-state index >= 15 is 0 Å². The van der Waals surface area contributed by atoms with Crippen molar-refractivity contribution < 1.29 is 14.3 Å². The predicted molar refractivity (Wildman–Crippen MR) is 90.4 cm³/mol. The number of Topliss-reactive ketones (excluding diaryl/α,β-unsaturated/α-hetero) is 2. The highest BCUT2D eigenvalue weighted by Gasteiger charge is 2.13. The van der Waals surface area contributed by atoms with Crippen LogP contribution in [-0.4, -0.2) is 30.2 Å². The number of aromatic nitrogens is 1. The first-order valence-electron chi connectivity index (χ1n) is 6.51. The monoisotopic (exact) mass is 382 g/mol. The molecule has 1 aromatic carbocycles. The van der Waals surface area contributed by atoms with Crippen molar-refractivity contribution in [3.8, 4) is 5.75 Å². The second kappa shape index (κ2) is 7.02. The van der Waals surface area contributed by atoms with Gasteiger partial charge < -0.3 is 10.1 Å². The molecule has 0 saturated carbocycles. The minimum atomic E-state index is -0.0689. The number of anilines is 1. The molecule has 22 heavy (non-hydrogen) atoms. The number of ether oxygens (including phenoxy) is 1. The van der Waals surface area contributed by atoms with E-state index in [1.165, 1.54) is 18.3 Å². The molecule has 0 amide bonds. The topological polar surface area (TPSA) is 68.3 Å². The first-order chi connectivity index (χ1) is 10.4. The van der Waals surface area contributed by atoms with Gasteiger partial charge in [0.25, 0.3) is 0 Å². The molecule has 0 aliphatic heterocycles. The summed E-state index contributed by atoms with van der Waals surface area (Å²) in [6, 6.07) is 5.16. The lowest BCUT2D eigenvalue weighted by Gasteiger charge is -2.06. The van der Waals surface area contributed by atoms with Crippen LogP contribution in [-0.2, 0) is 0 Å². The number of thiazole rings is 1. The molecule has 0 aliphatic rings. The van der Waals surface area contributed by atoms with E-state index in [9.17, 15) is 9.59 Å². The third kappa shape index (κ3) is 3.72. The number of nitrogens with one attached hydrogen (secondary N) is 1. The molecule has 1 aromatic heterocycles. The van der Waals surface area contributed by atoms with E-state index in [0.717, 1.165) is 4.47 Å². The smallest absolute Gasteiger partial charge is 0.183 e. The van der Waals surface area contributed by atoms with Gasteiger partial charge in [0, 0.05) is 12.5 Å². The number of carbonyl (C=O) groups is 2. The number of benzene rings is 1. The fourth-order valence-corrected chi connectivity index (χ4v) is 3.29. The van der Waals surface area contributed by atoms with Gasteiger partial charge in [0.1, 0.15) is 5.75 Å². The average Bonchev–Trinajstić information content (AvgIpc) is 2.86. The molecule has 0 spiro atoms. The van der Waals surface area contributed by atoms with E-state index < -0.39 is 0 Å². The van der Waals surface area contributed by atoms with E-state index in [4.69, 9.17) is 4.74 Å². The van der Waals surface area contributed by atoms with Crippen molar-refractivity contribution in [2.75, 3.05) is 19.0 Å². The number of nitrogens with zero attached hydrogens (tertiary/aromatic N) is 1. The Morgan fingerprint density at radius 3 is 2.68 bits per heavy atom. The third-order valence-electron chi connectivity index (χ3n) is 2.99. The summed E-state index contributed by atoms with van der Waals surface area (Å²) in [6.45, 7) is 3.40. The summed E-state index contributed by atoms with van der Waals surface area (Å²) in [5, 5.41) is 3.54. The molecule has 1 N–H and O–H groups in total. The molecule has 0 aliphatic carbocycles. The van der Waals surface area contributed by atoms with Gasteiger partial charge in [-0.25, -0.2) is 4.98 Å². The maximum atomic E-state index is 12.2. The van der Waals surface area contributed by atoms with Gasteiger partial charge in [-0.15, -0.1) is 0 Å². The largest absolute Gasteiger partial charge is 0.496 e. The van der Waals surface area contributed by atoms with Crippen LogP contribution in [0.1, 0.15) is 32.6 Å². The van der Waals surface area contributed by atoms with Gasteiger partial charge in [0.2, 0.25) is 0 Å². The number of hydrogen-bond acceptors (Lipinski definition) is 6. The van der Waals surface area contributed by atoms with Crippen LogP contribution in [0.25, 0.3) is 0 Å². The van der Waals surface area contributed by atoms with Crippen LogP contribution in [0.3, 0.4) is 0 Å². The van der Waals surface area contributed by atoms with Crippen molar-refractivity contribution >= 4 is 44.0 Å². The van der Waals surface area contributed by atoms with Crippen LogP contribution in [0.2, 0.25) is 0 Å². The minimum absolute atomic E-state index is 0.0199. The highest BCUT2D eigenvalue weighted by Crippen LogP contribution is 2.26. The van der Waals surface area contributed by atoms with E-state index in [1.807, 2.05) is 0 Å². The summed E-state index contributed by atoms with van der Waals surface area (Å²) in [5.74, 6) is 0.584. The molecular formula is C15H15BrN2O3S. The number of carbonyl (C=O) groups excluding carboxylic acids is 2. The SMILES string of the molecule is COc1ccc(C(=O)CNc2nc(C)c(C(C)=O)s2)cc1Br. The zero-order valence-corrected chi connectivity index (χ0v) is 14.8. The molecule has 1 heterocycles. The summed E-state index contributed by atoms with van der Waals surface area (Å²) in [5.41, 5.74) is 1.25. The Morgan fingerprint density at radius 2 is 2.14 bits per heavy atom. The molecule has 0 saturated heterocycles. The lowest BCUT2D eigenvalue weighted by molar-refractivity contribution is 0.100. The van der Waals surface area contributed by atoms with Crippen LogP contribution in [0.5, 0.6) is 5.75 Å². The fourth-order valence-electron chi connectivity index (χ4n) is 1.90. The highest BCUT2D eigenvalue weighted by molar-refractivity contribution is 9.10. The van der Waals surface area contributed by atoms with Crippen molar-refractivity contribution in [1.82, 2.24) is 4.98 Å².